The molecule has 2 atom stereocenters. The van der Waals surface area contributed by atoms with Crippen LogP contribution in [0.3, 0.4) is 0 Å². The third kappa shape index (κ3) is 3.03. The van der Waals surface area contributed by atoms with Crippen molar-refractivity contribution in [2.24, 2.45) is 5.73 Å². The van der Waals surface area contributed by atoms with Gasteiger partial charge in [-0.3, -0.25) is 10.1 Å². The van der Waals surface area contributed by atoms with Gasteiger partial charge in [0.05, 0.1) is 17.6 Å². The van der Waals surface area contributed by atoms with Crippen LogP contribution in [0.4, 0.5) is 11.4 Å². The lowest BCUT2D eigenvalue weighted by molar-refractivity contribution is -0.384. The molecule has 20 heavy (non-hydrogen) atoms. The Labute approximate surface area is 122 Å². The molecule has 1 heterocycles. The lowest BCUT2D eigenvalue weighted by Crippen LogP contribution is -2.49. The molecule has 0 aliphatic carbocycles. The molecule has 0 saturated carbocycles. The van der Waals surface area contributed by atoms with Crippen molar-refractivity contribution < 1.29 is 9.66 Å². The van der Waals surface area contributed by atoms with Crippen molar-refractivity contribution >= 4 is 23.0 Å². The number of hydrogen-bond acceptors (Lipinski definition) is 5. The van der Waals surface area contributed by atoms with Gasteiger partial charge in [0.15, 0.2) is 0 Å². The quantitative estimate of drug-likeness (QED) is 0.683. The number of anilines is 1. The first-order valence-electron chi connectivity index (χ1n) is 6.47. The van der Waals surface area contributed by atoms with Crippen molar-refractivity contribution in [1.29, 1.82) is 0 Å². The van der Waals surface area contributed by atoms with Crippen molar-refractivity contribution in [3.63, 3.8) is 0 Å². The molecule has 6 nitrogen and oxygen atoms in total. The van der Waals surface area contributed by atoms with Gasteiger partial charge in [-0.2, -0.15) is 0 Å². The summed E-state index contributed by atoms with van der Waals surface area (Å²) in [5, 5.41) is 11.0. The first kappa shape index (κ1) is 15.0. The lowest BCUT2D eigenvalue weighted by atomic mass is 10.1. The maximum Gasteiger partial charge on any atom is 0.288 e. The molecule has 0 amide bonds. The van der Waals surface area contributed by atoms with Crippen molar-refractivity contribution in [3.8, 4) is 0 Å². The Balaban J connectivity index is 2.28. The van der Waals surface area contributed by atoms with Gasteiger partial charge in [0.2, 0.25) is 0 Å². The van der Waals surface area contributed by atoms with Crippen LogP contribution in [0.15, 0.2) is 12.1 Å². The number of nitro benzene ring substituents is 1. The van der Waals surface area contributed by atoms with E-state index >= 15 is 0 Å². The van der Waals surface area contributed by atoms with Crippen LogP contribution in [0.1, 0.15) is 12.5 Å². The molecule has 110 valence electrons. The van der Waals surface area contributed by atoms with E-state index in [9.17, 15) is 10.1 Å². The molecule has 2 N–H and O–H groups in total. The van der Waals surface area contributed by atoms with E-state index in [0.29, 0.717) is 13.2 Å². The number of morpholine rings is 1. The van der Waals surface area contributed by atoms with Gasteiger partial charge in [-0.15, -0.1) is 0 Å². The zero-order valence-electron chi connectivity index (χ0n) is 11.5. The van der Waals surface area contributed by atoms with Gasteiger partial charge in [-0.1, -0.05) is 11.6 Å². The number of nitro groups is 1. The van der Waals surface area contributed by atoms with E-state index in [1.165, 1.54) is 6.07 Å². The van der Waals surface area contributed by atoms with Crippen LogP contribution >= 0.6 is 11.6 Å². The molecule has 1 fully saturated rings. The second kappa shape index (κ2) is 5.95. The highest BCUT2D eigenvalue weighted by atomic mass is 35.5. The van der Waals surface area contributed by atoms with E-state index in [1.807, 2.05) is 13.8 Å². The van der Waals surface area contributed by atoms with Crippen LogP contribution < -0.4 is 10.6 Å². The molecule has 0 bridgehead atoms. The Morgan fingerprint density at radius 3 is 2.90 bits per heavy atom. The number of nitrogens with two attached hydrogens (primary N) is 1. The van der Waals surface area contributed by atoms with Crippen molar-refractivity contribution in [2.75, 3.05) is 24.6 Å². The predicted octanol–water partition coefficient (Wildman–Crippen LogP) is 2.11. The lowest BCUT2D eigenvalue weighted by Gasteiger charge is -2.37. The van der Waals surface area contributed by atoms with Crippen molar-refractivity contribution in [3.05, 3.63) is 32.8 Å². The molecule has 2 rings (SSSR count). The summed E-state index contributed by atoms with van der Waals surface area (Å²) in [4.78, 5) is 12.5. The summed E-state index contributed by atoms with van der Waals surface area (Å²) in [5.41, 5.74) is 7.53. The fraction of sp³-hybridized carbons (Fsp3) is 0.538. The average Bonchev–Trinajstić information content (AvgIpc) is 2.40. The van der Waals surface area contributed by atoms with Crippen molar-refractivity contribution in [2.45, 2.75) is 26.0 Å². The van der Waals surface area contributed by atoms with E-state index < -0.39 is 4.92 Å². The van der Waals surface area contributed by atoms with Gasteiger partial charge in [-0.25, -0.2) is 0 Å². The minimum absolute atomic E-state index is 0.0443. The Morgan fingerprint density at radius 1 is 1.60 bits per heavy atom. The monoisotopic (exact) mass is 299 g/mol. The van der Waals surface area contributed by atoms with Crippen LogP contribution in [0.2, 0.25) is 5.02 Å². The summed E-state index contributed by atoms with van der Waals surface area (Å²) in [6.45, 7) is 5.71. The molecule has 1 aromatic rings. The summed E-state index contributed by atoms with van der Waals surface area (Å²) in [5.74, 6) is 0. The number of halogens is 1. The van der Waals surface area contributed by atoms with E-state index in [4.69, 9.17) is 22.1 Å². The first-order valence-corrected chi connectivity index (χ1v) is 6.84. The molecular weight excluding hydrogens is 282 g/mol. The molecular formula is C13H18ClN3O3. The molecule has 0 aromatic heterocycles. The number of ether oxygens (including phenoxy) is 1. The Bertz CT molecular complexity index is 522. The SMILES string of the molecule is Cc1cc([N+](=O)[O-])c(Cl)cc1N1CCOC(C(C)N)C1. The Kier molecular flexibility index (Phi) is 4.47. The topological polar surface area (TPSA) is 81.6 Å². The highest BCUT2D eigenvalue weighted by Crippen LogP contribution is 2.33. The number of aryl methyl sites for hydroxylation is 1. The molecule has 0 radical (unpaired) electrons. The molecule has 1 aliphatic heterocycles. The van der Waals surface area contributed by atoms with Gasteiger partial charge < -0.3 is 15.4 Å². The number of rotatable bonds is 3. The van der Waals surface area contributed by atoms with Gasteiger partial charge in [0.1, 0.15) is 5.02 Å². The second-order valence-electron chi connectivity index (χ2n) is 5.06. The third-order valence-corrected chi connectivity index (χ3v) is 3.79. The zero-order valence-corrected chi connectivity index (χ0v) is 12.3. The minimum Gasteiger partial charge on any atom is -0.373 e. The predicted molar refractivity (Wildman–Crippen MR) is 78.4 cm³/mol. The highest BCUT2D eigenvalue weighted by molar-refractivity contribution is 6.33. The second-order valence-corrected chi connectivity index (χ2v) is 5.47. The maximum atomic E-state index is 10.9. The molecule has 2 unspecified atom stereocenters. The Hall–Kier alpha value is -1.37. The van der Waals surface area contributed by atoms with Crippen LogP contribution in [-0.4, -0.2) is 36.8 Å². The van der Waals surface area contributed by atoms with E-state index in [-0.39, 0.29) is 22.9 Å². The zero-order chi connectivity index (χ0) is 14.9. The molecule has 1 aromatic carbocycles. The van der Waals surface area contributed by atoms with Crippen LogP contribution in [0.25, 0.3) is 0 Å². The molecule has 1 aliphatic rings. The normalized spacial score (nSPS) is 20.8. The fourth-order valence-corrected chi connectivity index (χ4v) is 2.58. The maximum absolute atomic E-state index is 10.9. The van der Waals surface area contributed by atoms with Crippen molar-refractivity contribution in [1.82, 2.24) is 0 Å². The summed E-state index contributed by atoms with van der Waals surface area (Å²) in [6.07, 6.45) is -0.0443. The minimum atomic E-state index is -0.469. The van der Waals surface area contributed by atoms with Gasteiger partial charge in [0.25, 0.3) is 5.69 Å². The first-order chi connectivity index (χ1) is 9.40. The standard InChI is InChI=1S/C13H18ClN3O3/c1-8-5-12(17(18)19)10(14)6-11(8)16-3-4-20-13(7-16)9(2)15/h5-6,9,13H,3-4,7,15H2,1-2H3. The Morgan fingerprint density at radius 2 is 2.30 bits per heavy atom. The van der Waals surface area contributed by atoms with Gasteiger partial charge >= 0.3 is 0 Å². The number of nitrogens with zero attached hydrogens (tertiary/aromatic N) is 2. The summed E-state index contributed by atoms with van der Waals surface area (Å²) in [6, 6.07) is 3.10. The fourth-order valence-electron chi connectivity index (χ4n) is 2.35. The molecule has 1 saturated heterocycles. The highest BCUT2D eigenvalue weighted by Gasteiger charge is 2.26. The van der Waals surface area contributed by atoms with E-state index in [0.717, 1.165) is 17.8 Å². The van der Waals surface area contributed by atoms with E-state index in [1.54, 1.807) is 6.07 Å². The average molecular weight is 300 g/mol. The largest absolute Gasteiger partial charge is 0.373 e. The number of benzene rings is 1. The summed E-state index contributed by atoms with van der Waals surface area (Å²) < 4.78 is 5.62. The van der Waals surface area contributed by atoms with Gasteiger partial charge in [-0.05, 0) is 25.5 Å². The molecule has 7 heteroatoms. The summed E-state index contributed by atoms with van der Waals surface area (Å²) in [7, 11) is 0. The number of hydrogen-bond donors (Lipinski definition) is 1. The van der Waals surface area contributed by atoms with Crippen LogP contribution in [0.5, 0.6) is 0 Å². The van der Waals surface area contributed by atoms with Crippen LogP contribution in [0, 0.1) is 17.0 Å². The molecule has 0 spiro atoms. The smallest absolute Gasteiger partial charge is 0.288 e. The third-order valence-electron chi connectivity index (χ3n) is 3.48. The van der Waals surface area contributed by atoms with E-state index in [2.05, 4.69) is 4.90 Å². The van der Waals surface area contributed by atoms with Gasteiger partial charge in [0, 0.05) is 30.9 Å². The van der Waals surface area contributed by atoms with Crippen LogP contribution in [-0.2, 0) is 4.74 Å². The summed E-state index contributed by atoms with van der Waals surface area (Å²) >= 11 is 5.99.